The van der Waals surface area contributed by atoms with Crippen LogP contribution >= 0.6 is 0 Å². The fraction of sp³-hybridized carbons (Fsp3) is 0.500. The van der Waals surface area contributed by atoms with Crippen LogP contribution in [0.4, 0.5) is 13.2 Å². The van der Waals surface area contributed by atoms with Crippen LogP contribution in [-0.2, 0) is 21.1 Å². The van der Waals surface area contributed by atoms with Gasteiger partial charge in [0.25, 0.3) is 0 Å². The zero-order chi connectivity index (χ0) is 26.3. The van der Waals surface area contributed by atoms with Gasteiger partial charge in [0.05, 0.1) is 10.6 Å². The van der Waals surface area contributed by atoms with Crippen LogP contribution in [0.5, 0.6) is 11.5 Å². The third-order valence-electron chi connectivity index (χ3n) is 7.67. The first kappa shape index (κ1) is 25.8. The molecule has 2 N–H and O–H groups in total. The Kier molecular flexibility index (Phi) is 7.10. The van der Waals surface area contributed by atoms with Crippen molar-refractivity contribution in [3.05, 3.63) is 53.3 Å². The van der Waals surface area contributed by atoms with Crippen LogP contribution in [0.2, 0.25) is 0 Å². The molecule has 4 atom stereocenters. The van der Waals surface area contributed by atoms with E-state index in [0.29, 0.717) is 43.6 Å². The highest BCUT2D eigenvalue weighted by atomic mass is 32.2. The Morgan fingerprint density at radius 1 is 0.973 bits per heavy atom. The van der Waals surface area contributed by atoms with Crippen molar-refractivity contribution >= 4 is 15.7 Å². The first-order chi connectivity index (χ1) is 17.6. The quantitative estimate of drug-likeness (QED) is 0.543. The molecule has 0 aliphatic carbocycles. The average molecular weight is 539 g/mol. The number of ether oxygens (including phenoxy) is 2. The Labute approximate surface area is 213 Å². The number of carbonyl (C=O) groups excluding carboxylic acids is 1. The molecule has 2 saturated heterocycles. The molecule has 3 aliphatic rings. The average Bonchev–Trinajstić information content (AvgIpc) is 3.14. The second kappa shape index (κ2) is 10.2. The lowest BCUT2D eigenvalue weighted by molar-refractivity contribution is -0.136. The van der Waals surface area contributed by atoms with Crippen molar-refractivity contribution in [3.63, 3.8) is 0 Å². The van der Waals surface area contributed by atoms with Gasteiger partial charge in [0.1, 0.15) is 19.0 Å². The third kappa shape index (κ3) is 5.29. The molecule has 2 fully saturated rings. The number of hydrogen-bond donors (Lipinski definition) is 1. The summed E-state index contributed by atoms with van der Waals surface area (Å²) in [4.78, 5) is 15.0. The molecule has 200 valence electrons. The molecular formula is C26H29F3N2O5S. The molecule has 2 bridgehead atoms. The molecule has 7 nitrogen and oxygen atoms in total. The van der Waals surface area contributed by atoms with Gasteiger partial charge < -0.3 is 20.1 Å². The van der Waals surface area contributed by atoms with Gasteiger partial charge in [-0.2, -0.15) is 0 Å². The van der Waals surface area contributed by atoms with Crippen LogP contribution in [0, 0.1) is 23.4 Å². The highest BCUT2D eigenvalue weighted by Gasteiger charge is 2.44. The predicted molar refractivity (Wildman–Crippen MR) is 128 cm³/mol. The third-order valence-corrected chi connectivity index (χ3v) is 9.38. The van der Waals surface area contributed by atoms with Crippen LogP contribution < -0.4 is 15.2 Å². The molecule has 37 heavy (non-hydrogen) atoms. The highest BCUT2D eigenvalue weighted by Crippen LogP contribution is 2.41. The van der Waals surface area contributed by atoms with Crippen molar-refractivity contribution in [2.24, 2.45) is 11.7 Å². The van der Waals surface area contributed by atoms with Gasteiger partial charge in [0.2, 0.25) is 5.91 Å². The van der Waals surface area contributed by atoms with Gasteiger partial charge in [-0.3, -0.25) is 4.79 Å². The second-order valence-corrected chi connectivity index (χ2v) is 12.1. The molecule has 2 aromatic carbocycles. The van der Waals surface area contributed by atoms with Gasteiger partial charge >= 0.3 is 0 Å². The van der Waals surface area contributed by atoms with Crippen molar-refractivity contribution in [1.82, 2.24) is 4.90 Å². The summed E-state index contributed by atoms with van der Waals surface area (Å²) < 4.78 is 77.7. The molecule has 0 aromatic heterocycles. The van der Waals surface area contributed by atoms with E-state index in [9.17, 15) is 26.4 Å². The van der Waals surface area contributed by atoms with E-state index in [1.165, 1.54) is 12.1 Å². The standard InChI is InChI=1S/C26H29F3N2O5S/c27-20-14-22(29)21(28)11-15(20)12-23(30)16-9-17-1-2-18(10-16)31(17)26(32)5-8-37(33,34)19-3-4-24-25(13-19)36-7-6-35-24/h3-4,11,13-14,16-18,23H,1-2,5-10,12,30H2/t16?,17-,18+,23?. The number of rotatable bonds is 7. The number of nitrogens with zero attached hydrogens (tertiary/aromatic N) is 1. The van der Waals surface area contributed by atoms with Crippen molar-refractivity contribution in [1.29, 1.82) is 0 Å². The van der Waals surface area contributed by atoms with E-state index in [2.05, 4.69) is 0 Å². The Balaban J connectivity index is 1.19. The summed E-state index contributed by atoms with van der Waals surface area (Å²) in [5.74, 6) is -2.87. The molecule has 5 rings (SSSR count). The van der Waals surface area contributed by atoms with E-state index in [-0.39, 0.29) is 53.0 Å². The summed E-state index contributed by atoms with van der Waals surface area (Å²) in [6.07, 6.45) is 2.70. The molecule has 1 amide bonds. The fourth-order valence-corrected chi connectivity index (χ4v) is 7.04. The number of fused-ring (bicyclic) bond motifs is 3. The molecule has 0 spiro atoms. The zero-order valence-corrected chi connectivity index (χ0v) is 21.0. The van der Waals surface area contributed by atoms with E-state index in [1.807, 2.05) is 0 Å². The van der Waals surface area contributed by atoms with E-state index in [0.717, 1.165) is 18.9 Å². The summed E-state index contributed by atoms with van der Waals surface area (Å²) in [7, 11) is -3.71. The maximum absolute atomic E-state index is 14.1. The number of halogens is 3. The number of carbonyl (C=O) groups is 1. The lowest BCUT2D eigenvalue weighted by atomic mass is 9.82. The maximum atomic E-state index is 14.1. The number of piperidine rings is 1. The van der Waals surface area contributed by atoms with Gasteiger partial charge in [0.15, 0.2) is 33.0 Å². The Bertz CT molecular complexity index is 1290. The van der Waals surface area contributed by atoms with Crippen LogP contribution in [0.15, 0.2) is 35.2 Å². The van der Waals surface area contributed by atoms with Crippen molar-refractivity contribution in [2.45, 2.75) is 61.5 Å². The van der Waals surface area contributed by atoms with Gasteiger partial charge in [-0.25, -0.2) is 21.6 Å². The normalized spacial score (nSPS) is 23.7. The number of benzene rings is 2. The first-order valence-corrected chi connectivity index (χ1v) is 14.1. The Morgan fingerprint density at radius 2 is 1.62 bits per heavy atom. The minimum atomic E-state index is -3.71. The number of hydrogen-bond acceptors (Lipinski definition) is 6. The summed E-state index contributed by atoms with van der Waals surface area (Å²) >= 11 is 0. The zero-order valence-electron chi connectivity index (χ0n) is 20.2. The lowest BCUT2D eigenvalue weighted by Gasteiger charge is -2.41. The van der Waals surface area contributed by atoms with Crippen molar-refractivity contribution in [2.75, 3.05) is 19.0 Å². The van der Waals surface area contributed by atoms with Crippen LogP contribution in [0.1, 0.15) is 37.7 Å². The minimum absolute atomic E-state index is 0.0180. The molecule has 3 heterocycles. The predicted octanol–water partition coefficient (Wildman–Crippen LogP) is 3.38. The van der Waals surface area contributed by atoms with Gasteiger partial charge in [-0.1, -0.05) is 0 Å². The summed E-state index contributed by atoms with van der Waals surface area (Å²) in [5.41, 5.74) is 6.38. The summed E-state index contributed by atoms with van der Waals surface area (Å²) in [5, 5.41) is 0. The van der Waals surface area contributed by atoms with Crippen LogP contribution in [-0.4, -0.2) is 56.3 Å². The van der Waals surface area contributed by atoms with Crippen molar-refractivity contribution in [3.8, 4) is 11.5 Å². The first-order valence-electron chi connectivity index (χ1n) is 12.4. The van der Waals surface area contributed by atoms with Crippen molar-refractivity contribution < 1.29 is 35.9 Å². The molecule has 0 saturated carbocycles. The Morgan fingerprint density at radius 3 is 2.32 bits per heavy atom. The minimum Gasteiger partial charge on any atom is -0.486 e. The Hall–Kier alpha value is -2.79. The number of nitrogens with two attached hydrogens (primary N) is 1. The van der Waals surface area contributed by atoms with E-state index < -0.39 is 33.3 Å². The fourth-order valence-electron chi connectivity index (χ4n) is 5.80. The molecule has 2 unspecified atom stereocenters. The molecule has 11 heteroatoms. The monoisotopic (exact) mass is 538 g/mol. The second-order valence-electron chi connectivity index (χ2n) is 10.0. The molecular weight excluding hydrogens is 509 g/mol. The maximum Gasteiger partial charge on any atom is 0.224 e. The van der Waals surface area contributed by atoms with Gasteiger partial charge in [-0.05, 0) is 61.8 Å². The van der Waals surface area contributed by atoms with Crippen LogP contribution in [0.3, 0.4) is 0 Å². The number of amides is 1. The van der Waals surface area contributed by atoms with E-state index in [4.69, 9.17) is 15.2 Å². The molecule has 0 radical (unpaired) electrons. The lowest BCUT2D eigenvalue weighted by Crippen LogP contribution is -2.50. The molecule has 2 aromatic rings. The summed E-state index contributed by atoms with van der Waals surface area (Å²) in [6.45, 7) is 0.742. The summed E-state index contributed by atoms with van der Waals surface area (Å²) in [6, 6.07) is 5.20. The highest BCUT2D eigenvalue weighted by molar-refractivity contribution is 7.91. The van der Waals surface area contributed by atoms with E-state index >= 15 is 0 Å². The van der Waals surface area contributed by atoms with Gasteiger partial charge in [-0.15, -0.1) is 0 Å². The van der Waals surface area contributed by atoms with Gasteiger partial charge in [0, 0.05) is 36.7 Å². The van der Waals surface area contributed by atoms with E-state index in [1.54, 1.807) is 11.0 Å². The SMILES string of the molecule is NC(Cc1cc(F)c(F)cc1F)C1C[C@H]2CC[C@@H](C1)N2C(=O)CCS(=O)(=O)c1ccc2c(c1)OCCO2. The number of sulfone groups is 1. The largest absolute Gasteiger partial charge is 0.486 e. The van der Waals surface area contributed by atoms with Crippen LogP contribution in [0.25, 0.3) is 0 Å². The topological polar surface area (TPSA) is 98.9 Å². The smallest absolute Gasteiger partial charge is 0.224 e. The molecule has 3 aliphatic heterocycles.